The Hall–Kier alpha value is -1.52. The van der Waals surface area contributed by atoms with Crippen LogP contribution in [0.1, 0.15) is 33.1 Å². The molecule has 1 atom stereocenters. The van der Waals surface area contributed by atoms with Crippen LogP contribution in [0.5, 0.6) is 0 Å². The number of carbonyl (C=O) groups is 2. The first-order valence-electron chi connectivity index (χ1n) is 6.38. The first kappa shape index (κ1) is 14.5. The van der Waals surface area contributed by atoms with Crippen molar-refractivity contribution in [1.29, 1.82) is 0 Å². The van der Waals surface area contributed by atoms with Gasteiger partial charge in [-0.2, -0.15) is 0 Å². The summed E-state index contributed by atoms with van der Waals surface area (Å²) in [5, 5.41) is 5.50. The van der Waals surface area contributed by atoms with E-state index in [-0.39, 0.29) is 12.6 Å². The molecule has 4 N–H and O–H groups in total. The van der Waals surface area contributed by atoms with Gasteiger partial charge in [0.2, 0.25) is 5.91 Å². The van der Waals surface area contributed by atoms with Crippen LogP contribution in [-0.4, -0.2) is 25.0 Å². The van der Waals surface area contributed by atoms with Gasteiger partial charge in [0.15, 0.2) is 0 Å². The zero-order chi connectivity index (χ0) is 13.6. The third kappa shape index (κ3) is 4.77. The Morgan fingerprint density at radius 1 is 1.33 bits per heavy atom. The van der Waals surface area contributed by atoms with E-state index in [0.29, 0.717) is 12.5 Å². The highest BCUT2D eigenvalue weighted by Crippen LogP contribution is 2.16. The second-order valence-corrected chi connectivity index (χ2v) is 5.46. The summed E-state index contributed by atoms with van der Waals surface area (Å²) in [7, 11) is 0. The molecule has 0 saturated heterocycles. The standard InChI is InChI=1S/C13H23N3O2/c1-13(2,11(14)17)9-16-12(18)15-8-10-6-4-3-5-7-10/h3-4,10H,5-9H2,1-2H3,(H2,14,17)(H2,15,16,18)/t10-/m1/s1. The molecule has 0 unspecified atom stereocenters. The Bertz CT molecular complexity index is 337. The normalized spacial score (nSPS) is 19.3. The van der Waals surface area contributed by atoms with E-state index in [9.17, 15) is 9.59 Å². The van der Waals surface area contributed by atoms with Gasteiger partial charge in [0, 0.05) is 13.1 Å². The topological polar surface area (TPSA) is 84.2 Å². The Morgan fingerprint density at radius 3 is 2.61 bits per heavy atom. The molecule has 0 heterocycles. The lowest BCUT2D eigenvalue weighted by Gasteiger charge is -2.22. The molecule has 5 nitrogen and oxygen atoms in total. The molecule has 102 valence electrons. The third-order valence-electron chi connectivity index (χ3n) is 3.29. The van der Waals surface area contributed by atoms with Crippen LogP contribution in [-0.2, 0) is 4.79 Å². The summed E-state index contributed by atoms with van der Waals surface area (Å²) in [5.41, 5.74) is 4.51. The lowest BCUT2D eigenvalue weighted by atomic mass is 9.93. The molecule has 0 spiro atoms. The molecule has 0 radical (unpaired) electrons. The number of allylic oxidation sites excluding steroid dienone is 2. The minimum Gasteiger partial charge on any atom is -0.369 e. The van der Waals surface area contributed by atoms with Gasteiger partial charge in [-0.1, -0.05) is 12.2 Å². The van der Waals surface area contributed by atoms with Crippen LogP contribution < -0.4 is 16.4 Å². The molecule has 3 amide bonds. The number of amides is 3. The number of hydrogen-bond donors (Lipinski definition) is 3. The van der Waals surface area contributed by atoms with E-state index in [1.54, 1.807) is 13.8 Å². The van der Waals surface area contributed by atoms with Gasteiger partial charge < -0.3 is 16.4 Å². The molecular formula is C13H23N3O2. The number of urea groups is 1. The first-order chi connectivity index (χ1) is 8.42. The van der Waals surface area contributed by atoms with Crippen molar-refractivity contribution in [1.82, 2.24) is 10.6 Å². The molecule has 0 aromatic heterocycles. The van der Waals surface area contributed by atoms with E-state index in [4.69, 9.17) is 5.73 Å². The molecular weight excluding hydrogens is 230 g/mol. The summed E-state index contributed by atoms with van der Waals surface area (Å²) in [6, 6.07) is -0.237. The van der Waals surface area contributed by atoms with Crippen LogP contribution in [0.25, 0.3) is 0 Å². The van der Waals surface area contributed by atoms with Gasteiger partial charge in [-0.05, 0) is 39.0 Å². The minimum absolute atomic E-state index is 0.237. The van der Waals surface area contributed by atoms with Crippen molar-refractivity contribution in [3.8, 4) is 0 Å². The van der Waals surface area contributed by atoms with E-state index >= 15 is 0 Å². The van der Waals surface area contributed by atoms with Gasteiger partial charge in [0.1, 0.15) is 0 Å². The molecule has 1 aliphatic carbocycles. The minimum atomic E-state index is -0.717. The smallest absolute Gasteiger partial charge is 0.314 e. The molecule has 0 aromatic rings. The van der Waals surface area contributed by atoms with Gasteiger partial charge in [0.25, 0.3) is 0 Å². The van der Waals surface area contributed by atoms with Crippen molar-refractivity contribution in [2.24, 2.45) is 17.1 Å². The van der Waals surface area contributed by atoms with Crippen molar-refractivity contribution in [2.45, 2.75) is 33.1 Å². The van der Waals surface area contributed by atoms with Crippen LogP contribution in [0, 0.1) is 11.3 Å². The number of hydrogen-bond acceptors (Lipinski definition) is 2. The Kier molecular flexibility index (Phi) is 5.19. The molecule has 0 aromatic carbocycles. The summed E-state index contributed by atoms with van der Waals surface area (Å²) in [6.07, 6.45) is 7.55. The van der Waals surface area contributed by atoms with Crippen molar-refractivity contribution in [3.05, 3.63) is 12.2 Å². The molecule has 0 aliphatic heterocycles. The second-order valence-electron chi connectivity index (χ2n) is 5.46. The fourth-order valence-corrected chi connectivity index (χ4v) is 1.73. The third-order valence-corrected chi connectivity index (χ3v) is 3.29. The zero-order valence-corrected chi connectivity index (χ0v) is 11.2. The highest BCUT2D eigenvalue weighted by Gasteiger charge is 2.25. The van der Waals surface area contributed by atoms with Crippen LogP contribution in [0.15, 0.2) is 12.2 Å². The Morgan fingerprint density at radius 2 is 2.06 bits per heavy atom. The van der Waals surface area contributed by atoms with E-state index in [2.05, 4.69) is 22.8 Å². The van der Waals surface area contributed by atoms with Gasteiger partial charge >= 0.3 is 6.03 Å². The lowest BCUT2D eigenvalue weighted by molar-refractivity contribution is -0.125. The number of nitrogens with one attached hydrogen (secondary N) is 2. The SMILES string of the molecule is CC(C)(CNC(=O)NC[C@@H]1CC=CCC1)C(N)=O. The molecule has 0 bridgehead atoms. The van der Waals surface area contributed by atoms with Gasteiger partial charge in [0.05, 0.1) is 5.41 Å². The van der Waals surface area contributed by atoms with E-state index in [1.165, 1.54) is 0 Å². The average Bonchev–Trinajstić information content (AvgIpc) is 2.35. The largest absolute Gasteiger partial charge is 0.369 e. The molecule has 0 saturated carbocycles. The number of carbonyl (C=O) groups excluding carboxylic acids is 2. The van der Waals surface area contributed by atoms with Crippen LogP contribution in [0.2, 0.25) is 0 Å². The highest BCUT2D eigenvalue weighted by atomic mass is 16.2. The zero-order valence-electron chi connectivity index (χ0n) is 11.2. The maximum absolute atomic E-state index is 11.6. The fraction of sp³-hybridized carbons (Fsp3) is 0.692. The van der Waals surface area contributed by atoms with E-state index < -0.39 is 11.3 Å². The van der Waals surface area contributed by atoms with E-state index in [1.807, 2.05) is 0 Å². The number of rotatable bonds is 5. The van der Waals surface area contributed by atoms with Crippen molar-refractivity contribution in [3.63, 3.8) is 0 Å². The van der Waals surface area contributed by atoms with Gasteiger partial charge in [-0.3, -0.25) is 4.79 Å². The second kappa shape index (κ2) is 6.42. The first-order valence-corrected chi connectivity index (χ1v) is 6.38. The van der Waals surface area contributed by atoms with Crippen molar-refractivity contribution < 1.29 is 9.59 Å². The summed E-state index contributed by atoms with van der Waals surface area (Å²) < 4.78 is 0. The Labute approximate surface area is 108 Å². The predicted molar refractivity (Wildman–Crippen MR) is 70.9 cm³/mol. The Balaban J connectivity index is 2.21. The molecule has 18 heavy (non-hydrogen) atoms. The fourth-order valence-electron chi connectivity index (χ4n) is 1.73. The molecule has 5 heteroatoms. The summed E-state index contributed by atoms with van der Waals surface area (Å²) in [5.74, 6) is 0.102. The quantitative estimate of drug-likeness (QED) is 0.642. The van der Waals surface area contributed by atoms with E-state index in [0.717, 1.165) is 19.3 Å². The van der Waals surface area contributed by atoms with Crippen LogP contribution >= 0.6 is 0 Å². The van der Waals surface area contributed by atoms with Gasteiger partial charge in [-0.15, -0.1) is 0 Å². The van der Waals surface area contributed by atoms with Crippen LogP contribution in [0.4, 0.5) is 4.79 Å². The summed E-state index contributed by atoms with van der Waals surface area (Å²) in [6.45, 7) is 4.34. The number of nitrogens with two attached hydrogens (primary N) is 1. The number of primary amides is 1. The highest BCUT2D eigenvalue weighted by molar-refractivity contribution is 5.81. The average molecular weight is 253 g/mol. The summed E-state index contributed by atoms with van der Waals surface area (Å²) in [4.78, 5) is 22.6. The van der Waals surface area contributed by atoms with Crippen LogP contribution in [0.3, 0.4) is 0 Å². The van der Waals surface area contributed by atoms with Crippen molar-refractivity contribution >= 4 is 11.9 Å². The molecule has 1 rings (SSSR count). The molecule has 0 fully saturated rings. The predicted octanol–water partition coefficient (Wildman–Crippen LogP) is 1.15. The maximum Gasteiger partial charge on any atom is 0.314 e. The van der Waals surface area contributed by atoms with Crippen molar-refractivity contribution in [2.75, 3.05) is 13.1 Å². The lowest BCUT2D eigenvalue weighted by Crippen LogP contribution is -2.46. The van der Waals surface area contributed by atoms with Gasteiger partial charge in [-0.25, -0.2) is 4.79 Å². The molecule has 1 aliphatic rings. The maximum atomic E-state index is 11.6. The summed E-state index contributed by atoms with van der Waals surface area (Å²) >= 11 is 0. The monoisotopic (exact) mass is 253 g/mol.